The van der Waals surface area contributed by atoms with E-state index in [1.54, 1.807) is 7.05 Å². The number of likely N-dealkylation sites (N-methyl/N-ethyl adjacent to an activating group) is 4. The minimum absolute atomic E-state index is 0.0450. The van der Waals surface area contributed by atoms with Gasteiger partial charge in [0.15, 0.2) is 24.4 Å². The first kappa shape index (κ1) is 64.7. The number of hydrogen-bond acceptors (Lipinski definition) is 17. The van der Waals surface area contributed by atoms with Gasteiger partial charge in [0.1, 0.15) is 24.2 Å². The molecular formula is C64H92N6O15. The molecular weight excluding hydrogens is 1090 g/mol. The molecule has 6 fully saturated rings. The molecule has 21 nitrogen and oxygen atoms in total. The summed E-state index contributed by atoms with van der Waals surface area (Å²) in [6.07, 6.45) is 6.08. The molecule has 6 aliphatic rings. The number of nitrogens with zero attached hydrogens (tertiary/aromatic N) is 5. The number of anilines is 2. The number of benzene rings is 2. The van der Waals surface area contributed by atoms with Crippen LogP contribution in [0.25, 0.3) is 0 Å². The van der Waals surface area contributed by atoms with E-state index in [4.69, 9.17) is 28.4 Å². The number of hydrogen-bond donors (Lipinski definition) is 2. The zero-order chi connectivity index (χ0) is 60.7. The Kier molecular flexibility index (Phi) is 23.5. The zero-order valence-corrected chi connectivity index (χ0v) is 50.8. The quantitative estimate of drug-likeness (QED) is 0.0627. The van der Waals surface area contributed by atoms with Crippen molar-refractivity contribution in [2.75, 3.05) is 90.6 Å². The van der Waals surface area contributed by atoms with Gasteiger partial charge in [0.05, 0.1) is 26.4 Å². The van der Waals surface area contributed by atoms with Crippen LogP contribution in [0, 0.1) is 23.7 Å². The maximum Gasteiger partial charge on any atom is 0.344 e. The molecule has 2 aromatic carbocycles. The van der Waals surface area contributed by atoms with Gasteiger partial charge in [-0.1, -0.05) is 75.6 Å². The summed E-state index contributed by atoms with van der Waals surface area (Å²) in [5, 5.41) is 12.7. The van der Waals surface area contributed by atoms with E-state index in [1.165, 1.54) is 49.7 Å². The van der Waals surface area contributed by atoms with Gasteiger partial charge in [-0.3, -0.25) is 19.2 Å². The topological polar surface area (TPSA) is 240 Å². The molecule has 4 aliphatic carbocycles. The van der Waals surface area contributed by atoms with Crippen LogP contribution in [-0.2, 0) is 79.6 Å². The number of esters is 4. The summed E-state index contributed by atoms with van der Waals surface area (Å²) >= 11 is 0. The molecule has 468 valence electrons. The largest absolute Gasteiger partial charge is 0.479 e. The van der Waals surface area contributed by atoms with Crippen LogP contribution >= 0.6 is 0 Å². The van der Waals surface area contributed by atoms with Crippen LogP contribution in [0.3, 0.4) is 0 Å². The zero-order valence-electron chi connectivity index (χ0n) is 50.8. The number of carbonyl (C=O) groups excluding carboxylic acids is 7. The van der Waals surface area contributed by atoms with E-state index in [0.717, 1.165) is 87.8 Å². The van der Waals surface area contributed by atoms with Gasteiger partial charge in [0.2, 0.25) is 0 Å². The van der Waals surface area contributed by atoms with Crippen LogP contribution in [0.1, 0.15) is 128 Å². The molecule has 0 bridgehead atoms. The lowest BCUT2D eigenvalue weighted by Crippen LogP contribution is -2.53. The number of nitrogens with one attached hydrogen (secondary N) is 1. The van der Waals surface area contributed by atoms with Crippen LogP contribution in [0.4, 0.5) is 11.4 Å². The molecule has 0 radical (unpaired) electrons. The van der Waals surface area contributed by atoms with E-state index >= 15 is 0 Å². The van der Waals surface area contributed by atoms with Crippen molar-refractivity contribution in [2.45, 2.75) is 178 Å². The Bertz CT molecular complexity index is 2580. The number of ether oxygens (including phenoxy) is 6. The second-order valence-electron chi connectivity index (χ2n) is 24.6. The highest BCUT2D eigenvalue weighted by Gasteiger charge is 2.42. The van der Waals surface area contributed by atoms with Crippen molar-refractivity contribution in [3.63, 3.8) is 0 Å². The third-order valence-corrected chi connectivity index (χ3v) is 17.9. The van der Waals surface area contributed by atoms with Crippen LogP contribution in [0.2, 0.25) is 0 Å². The summed E-state index contributed by atoms with van der Waals surface area (Å²) < 4.78 is 34.8. The van der Waals surface area contributed by atoms with Crippen molar-refractivity contribution in [1.29, 1.82) is 0 Å². The molecule has 2 saturated heterocycles. The fourth-order valence-electron chi connectivity index (χ4n) is 11.4. The van der Waals surface area contributed by atoms with Crippen LogP contribution < -0.4 is 15.1 Å². The van der Waals surface area contributed by atoms with Crippen molar-refractivity contribution >= 4 is 58.9 Å². The lowest BCUT2D eigenvalue weighted by Gasteiger charge is -2.33. The van der Waals surface area contributed by atoms with Gasteiger partial charge in [-0.25, -0.2) is 19.2 Å². The molecule has 3 amide bonds. The van der Waals surface area contributed by atoms with E-state index in [0.29, 0.717) is 94.4 Å². The minimum atomic E-state index is -1.49. The van der Waals surface area contributed by atoms with E-state index in [2.05, 4.69) is 15.1 Å². The Labute approximate surface area is 501 Å². The molecule has 8 rings (SSSR count). The first-order valence-corrected chi connectivity index (χ1v) is 31.2. The molecule has 2 aromatic rings. The highest BCUT2D eigenvalue weighted by Crippen LogP contribution is 2.38. The second kappa shape index (κ2) is 30.8. The Morgan fingerprint density at radius 3 is 1.18 bits per heavy atom. The first-order chi connectivity index (χ1) is 40.9. The fraction of sp³-hybridized carbons (Fsp3) is 0.688. The predicted octanol–water partition coefficient (Wildman–Crippen LogP) is 5.75. The molecule has 85 heavy (non-hydrogen) atoms. The molecule has 0 spiro atoms. The van der Waals surface area contributed by atoms with Gasteiger partial charge in [0, 0.05) is 71.5 Å². The SMILES string of the molecule is CN[C@@H](CCC1CC1)C(=O)O[C@H](Cc1ccc(N2CCOCC2)cc1)C(=O)N(C)[C@@H](CCC1CC1)C(=O)O[C@H](C)C(=O)N(C)[C@@H](CCC1CC1)C(=O)O[C@H](Cc1ccc(N2CCOCC2)cc1)C(=O)N(C)[C@@H](CCC1CC1)C(=O)O[C@H](C)C(=O)O. The van der Waals surface area contributed by atoms with E-state index in [9.17, 15) is 43.5 Å². The van der Waals surface area contributed by atoms with Crippen molar-refractivity contribution in [2.24, 2.45) is 23.7 Å². The molecule has 8 atom stereocenters. The summed E-state index contributed by atoms with van der Waals surface area (Å²) in [5.74, 6) is -4.92. The van der Waals surface area contributed by atoms with E-state index in [1.807, 2.05) is 48.5 Å². The summed E-state index contributed by atoms with van der Waals surface area (Å²) in [7, 11) is 6.04. The summed E-state index contributed by atoms with van der Waals surface area (Å²) in [6, 6.07) is 11.1. The lowest BCUT2D eigenvalue weighted by atomic mass is 10.0. The second-order valence-corrected chi connectivity index (χ2v) is 24.6. The summed E-state index contributed by atoms with van der Waals surface area (Å²) in [5.41, 5.74) is 3.36. The van der Waals surface area contributed by atoms with Crippen molar-refractivity contribution in [3.8, 4) is 0 Å². The smallest absolute Gasteiger partial charge is 0.344 e. The molecule has 4 saturated carbocycles. The Balaban J connectivity index is 0.992. The minimum Gasteiger partial charge on any atom is -0.479 e. The number of morpholine rings is 2. The number of rotatable bonds is 34. The van der Waals surface area contributed by atoms with Gasteiger partial charge >= 0.3 is 29.8 Å². The maximum atomic E-state index is 14.9. The number of aliphatic carboxylic acids is 1. The normalized spacial score (nSPS) is 19.8. The van der Waals surface area contributed by atoms with E-state index < -0.39 is 96.2 Å². The van der Waals surface area contributed by atoms with Crippen LogP contribution in [0.15, 0.2) is 48.5 Å². The third kappa shape index (κ3) is 19.3. The fourth-order valence-corrected chi connectivity index (χ4v) is 11.4. The Hall–Kier alpha value is -6.32. The highest BCUT2D eigenvalue weighted by atomic mass is 16.6. The molecule has 2 heterocycles. The molecule has 0 unspecified atom stereocenters. The standard InChI is InChI=1S/C64H92N6O15/c1-41(82-62(77)52(28-20-44-9-10-44)67(5)58(72)55(84-61(76)51(65-3)27-19-43-7-8-43)39-47-15-23-49(24-16-47)69-31-35-80-36-32-69)57(71)66(4)54(30-22-46-13-14-46)64(79)85-56(40-48-17-25-50(26-18-48)70-33-37-81-38-34-70)59(73)68(6)53(29-21-45-11-12-45)63(78)83-42(2)60(74)75/h15-18,23-26,41-46,51-56,65H,7-14,19-22,27-40H2,1-6H3,(H,74,75)/t41-,42-,51+,52+,53+,54+,55-,56-/m1/s1. The summed E-state index contributed by atoms with van der Waals surface area (Å²) in [4.78, 5) is 121. The average Bonchev–Trinajstić information content (AvgIpc) is 4.49. The van der Waals surface area contributed by atoms with Crippen LogP contribution in [0.5, 0.6) is 0 Å². The lowest BCUT2D eigenvalue weighted by molar-refractivity contribution is -0.174. The van der Waals surface area contributed by atoms with Crippen molar-refractivity contribution < 1.29 is 71.9 Å². The van der Waals surface area contributed by atoms with Gasteiger partial charge in [-0.2, -0.15) is 0 Å². The van der Waals surface area contributed by atoms with Crippen LogP contribution in [-0.4, -0.2) is 197 Å². The Morgan fingerprint density at radius 2 is 0.824 bits per heavy atom. The van der Waals surface area contributed by atoms with Crippen molar-refractivity contribution in [1.82, 2.24) is 20.0 Å². The number of carboxylic acids is 1. The Morgan fingerprint density at radius 1 is 0.494 bits per heavy atom. The van der Waals surface area contributed by atoms with Gasteiger partial charge in [-0.15, -0.1) is 0 Å². The number of amides is 3. The summed E-state index contributed by atoms with van der Waals surface area (Å²) in [6.45, 7) is 7.97. The van der Waals surface area contributed by atoms with E-state index in [-0.39, 0.29) is 32.1 Å². The van der Waals surface area contributed by atoms with Gasteiger partial charge < -0.3 is 63.3 Å². The van der Waals surface area contributed by atoms with Gasteiger partial charge in [-0.05, 0) is 131 Å². The average molecular weight is 1190 g/mol. The maximum absolute atomic E-state index is 14.9. The van der Waals surface area contributed by atoms with Crippen molar-refractivity contribution in [3.05, 3.63) is 59.7 Å². The first-order valence-electron chi connectivity index (χ1n) is 31.2. The molecule has 2 aliphatic heterocycles. The number of carboxylic acid groups (broad SMARTS) is 1. The highest BCUT2D eigenvalue weighted by molar-refractivity contribution is 5.93. The predicted molar refractivity (Wildman–Crippen MR) is 315 cm³/mol. The molecule has 2 N–H and O–H groups in total. The monoisotopic (exact) mass is 1180 g/mol. The third-order valence-electron chi connectivity index (χ3n) is 17.9. The molecule has 21 heteroatoms. The van der Waals surface area contributed by atoms with Gasteiger partial charge in [0.25, 0.3) is 17.7 Å². The molecule has 0 aromatic heterocycles. The number of carbonyl (C=O) groups is 8.